The molecule has 0 amide bonds. The zero-order chi connectivity index (χ0) is 15.3. The molecular weight excluding hydrogens is 260 g/mol. The van der Waals surface area contributed by atoms with Crippen molar-refractivity contribution in [2.24, 2.45) is 5.92 Å². The molecule has 1 N–H and O–H groups in total. The second-order valence-corrected chi connectivity index (χ2v) is 7.50. The molecule has 21 heavy (non-hydrogen) atoms. The van der Waals surface area contributed by atoms with Gasteiger partial charge in [0.1, 0.15) is 5.54 Å². The first-order valence-electron chi connectivity index (χ1n) is 8.64. The zero-order valence-electron chi connectivity index (χ0n) is 14.1. The molecule has 1 atom stereocenters. The monoisotopic (exact) mass is 292 g/mol. The average molecular weight is 292 g/mol. The SMILES string of the molecule is CC(C)CN1CCN(CCCC(C)(C#N)NC2CC2)CC1. The fraction of sp³-hybridized carbons (Fsp3) is 0.941. The molecule has 0 bridgehead atoms. The molecule has 1 saturated heterocycles. The van der Waals surface area contributed by atoms with Crippen molar-refractivity contribution < 1.29 is 0 Å². The van der Waals surface area contributed by atoms with Crippen LogP contribution in [0.4, 0.5) is 0 Å². The summed E-state index contributed by atoms with van der Waals surface area (Å²) in [6.45, 7) is 13.8. The molecule has 1 aliphatic heterocycles. The summed E-state index contributed by atoms with van der Waals surface area (Å²) in [6.07, 6.45) is 4.57. The van der Waals surface area contributed by atoms with Crippen LogP contribution in [0, 0.1) is 17.2 Å². The molecule has 1 unspecified atom stereocenters. The molecule has 2 rings (SSSR count). The zero-order valence-corrected chi connectivity index (χ0v) is 14.1. The van der Waals surface area contributed by atoms with Crippen molar-refractivity contribution in [2.75, 3.05) is 39.3 Å². The smallest absolute Gasteiger partial charge is 0.104 e. The van der Waals surface area contributed by atoms with E-state index in [9.17, 15) is 5.26 Å². The highest BCUT2D eigenvalue weighted by molar-refractivity contribution is 5.07. The number of nitrogens with zero attached hydrogens (tertiary/aromatic N) is 3. The van der Waals surface area contributed by atoms with Gasteiger partial charge in [-0.25, -0.2) is 0 Å². The van der Waals surface area contributed by atoms with Crippen LogP contribution in [-0.2, 0) is 0 Å². The van der Waals surface area contributed by atoms with Gasteiger partial charge < -0.3 is 9.80 Å². The van der Waals surface area contributed by atoms with E-state index in [-0.39, 0.29) is 5.54 Å². The number of hydrogen-bond donors (Lipinski definition) is 1. The molecule has 0 spiro atoms. The van der Waals surface area contributed by atoms with Crippen LogP contribution < -0.4 is 5.32 Å². The van der Waals surface area contributed by atoms with E-state index in [0.717, 1.165) is 25.3 Å². The molecule has 1 heterocycles. The van der Waals surface area contributed by atoms with E-state index < -0.39 is 0 Å². The second kappa shape index (κ2) is 7.58. The van der Waals surface area contributed by atoms with Gasteiger partial charge in [-0.05, 0) is 45.1 Å². The van der Waals surface area contributed by atoms with Crippen molar-refractivity contribution >= 4 is 0 Å². The third-order valence-electron chi connectivity index (χ3n) is 4.59. The lowest BCUT2D eigenvalue weighted by Crippen LogP contribution is -2.48. The van der Waals surface area contributed by atoms with Crippen LogP contribution in [0.3, 0.4) is 0 Å². The van der Waals surface area contributed by atoms with Crippen molar-refractivity contribution in [3.8, 4) is 6.07 Å². The third-order valence-corrected chi connectivity index (χ3v) is 4.59. The standard InChI is InChI=1S/C17H32N4/c1-15(2)13-21-11-9-20(10-12-21)8-4-7-17(3,14-18)19-16-5-6-16/h15-16,19H,4-13H2,1-3H3. The van der Waals surface area contributed by atoms with Crippen LogP contribution in [-0.4, -0.2) is 60.6 Å². The lowest BCUT2D eigenvalue weighted by molar-refractivity contribution is 0.119. The highest BCUT2D eigenvalue weighted by atomic mass is 15.3. The van der Waals surface area contributed by atoms with E-state index >= 15 is 0 Å². The maximum atomic E-state index is 9.38. The summed E-state index contributed by atoms with van der Waals surface area (Å²) in [5.74, 6) is 0.765. The maximum Gasteiger partial charge on any atom is 0.104 e. The van der Waals surface area contributed by atoms with E-state index in [2.05, 4.69) is 42.0 Å². The van der Waals surface area contributed by atoms with Crippen molar-refractivity contribution in [1.29, 1.82) is 5.26 Å². The predicted molar refractivity (Wildman–Crippen MR) is 87.1 cm³/mol. The molecule has 0 radical (unpaired) electrons. The van der Waals surface area contributed by atoms with Gasteiger partial charge in [-0.2, -0.15) is 5.26 Å². The second-order valence-electron chi connectivity index (χ2n) is 7.50. The summed E-state index contributed by atoms with van der Waals surface area (Å²) in [7, 11) is 0. The topological polar surface area (TPSA) is 42.3 Å². The molecule has 2 aliphatic rings. The summed E-state index contributed by atoms with van der Waals surface area (Å²) < 4.78 is 0. The van der Waals surface area contributed by atoms with Crippen LogP contribution in [0.15, 0.2) is 0 Å². The summed E-state index contributed by atoms with van der Waals surface area (Å²) >= 11 is 0. The molecule has 0 aromatic heterocycles. The Labute approximate surface area is 130 Å². The number of piperazine rings is 1. The molecular formula is C17H32N4. The molecule has 120 valence electrons. The van der Waals surface area contributed by atoms with Crippen molar-refractivity contribution in [2.45, 2.75) is 58.0 Å². The molecule has 0 aromatic rings. The number of hydrogen-bond acceptors (Lipinski definition) is 4. The first-order valence-corrected chi connectivity index (χ1v) is 8.64. The summed E-state index contributed by atoms with van der Waals surface area (Å²) in [5.41, 5.74) is -0.319. The van der Waals surface area contributed by atoms with Crippen LogP contribution in [0.1, 0.15) is 46.5 Å². The molecule has 2 fully saturated rings. The van der Waals surface area contributed by atoms with Gasteiger partial charge in [0.25, 0.3) is 0 Å². The van der Waals surface area contributed by atoms with Gasteiger partial charge >= 0.3 is 0 Å². The van der Waals surface area contributed by atoms with Crippen molar-refractivity contribution in [1.82, 2.24) is 15.1 Å². The van der Waals surface area contributed by atoms with Gasteiger partial charge in [0, 0.05) is 38.8 Å². The quantitative estimate of drug-likeness (QED) is 0.744. The fourth-order valence-corrected chi connectivity index (χ4v) is 3.21. The van der Waals surface area contributed by atoms with Crippen molar-refractivity contribution in [3.63, 3.8) is 0 Å². The predicted octanol–water partition coefficient (Wildman–Crippen LogP) is 2.07. The van der Waals surface area contributed by atoms with Crippen LogP contribution in [0.5, 0.6) is 0 Å². The minimum absolute atomic E-state index is 0.319. The highest BCUT2D eigenvalue weighted by Crippen LogP contribution is 2.24. The van der Waals surface area contributed by atoms with E-state index in [1.54, 1.807) is 0 Å². The van der Waals surface area contributed by atoms with Gasteiger partial charge in [-0.15, -0.1) is 0 Å². The van der Waals surface area contributed by atoms with E-state index in [1.807, 2.05) is 0 Å². The van der Waals surface area contributed by atoms with Gasteiger partial charge in [-0.1, -0.05) is 13.8 Å². The summed E-state index contributed by atoms with van der Waals surface area (Å²) in [5, 5.41) is 12.9. The first kappa shape index (κ1) is 16.7. The van der Waals surface area contributed by atoms with Gasteiger partial charge in [-0.3, -0.25) is 5.32 Å². The summed E-state index contributed by atoms with van der Waals surface area (Å²) in [4.78, 5) is 5.14. The Morgan fingerprint density at radius 2 is 1.81 bits per heavy atom. The lowest BCUT2D eigenvalue weighted by Gasteiger charge is -2.36. The third kappa shape index (κ3) is 5.94. The van der Waals surface area contributed by atoms with Gasteiger partial charge in [0.15, 0.2) is 0 Å². The normalized spacial score (nSPS) is 24.0. The Balaban J connectivity index is 1.62. The maximum absolute atomic E-state index is 9.38. The van der Waals surface area contributed by atoms with Crippen molar-refractivity contribution in [3.05, 3.63) is 0 Å². The largest absolute Gasteiger partial charge is 0.301 e. The lowest BCUT2D eigenvalue weighted by atomic mass is 9.97. The van der Waals surface area contributed by atoms with E-state index in [0.29, 0.717) is 6.04 Å². The molecule has 0 aromatic carbocycles. The fourth-order valence-electron chi connectivity index (χ4n) is 3.21. The van der Waals surface area contributed by atoms with Gasteiger partial charge in [0.05, 0.1) is 6.07 Å². The number of nitrogens with one attached hydrogen (secondary N) is 1. The minimum Gasteiger partial charge on any atom is -0.301 e. The van der Waals surface area contributed by atoms with Crippen LogP contribution >= 0.6 is 0 Å². The average Bonchev–Trinajstić information content (AvgIpc) is 3.24. The van der Waals surface area contributed by atoms with E-state index in [4.69, 9.17) is 0 Å². The molecule has 1 aliphatic carbocycles. The Hall–Kier alpha value is -0.630. The Morgan fingerprint density at radius 1 is 1.19 bits per heavy atom. The van der Waals surface area contributed by atoms with Crippen LogP contribution in [0.25, 0.3) is 0 Å². The molecule has 4 heteroatoms. The molecule has 4 nitrogen and oxygen atoms in total. The Bertz CT molecular complexity index is 350. The first-order chi connectivity index (χ1) is 10.0. The number of nitriles is 1. The van der Waals surface area contributed by atoms with E-state index in [1.165, 1.54) is 45.6 Å². The highest BCUT2D eigenvalue weighted by Gasteiger charge is 2.32. The van der Waals surface area contributed by atoms with Crippen LogP contribution in [0.2, 0.25) is 0 Å². The minimum atomic E-state index is -0.319. The Morgan fingerprint density at radius 3 is 2.33 bits per heavy atom. The summed E-state index contributed by atoms with van der Waals surface area (Å²) in [6, 6.07) is 3.08. The molecule has 1 saturated carbocycles. The number of rotatable bonds is 8. The van der Waals surface area contributed by atoms with Gasteiger partial charge in [0.2, 0.25) is 0 Å². The Kier molecular flexibility index (Phi) is 6.04.